The van der Waals surface area contributed by atoms with Crippen LogP contribution in [-0.4, -0.2) is 50.1 Å². The lowest BCUT2D eigenvalue weighted by atomic mass is 9.99. The molecule has 2 atom stereocenters. The van der Waals surface area contributed by atoms with E-state index in [-0.39, 0.29) is 17.5 Å². The molecular formula is C25H27NO7. The summed E-state index contributed by atoms with van der Waals surface area (Å²) < 4.78 is 0. The lowest BCUT2D eigenvalue weighted by molar-refractivity contribution is -0.134. The van der Waals surface area contributed by atoms with Crippen molar-refractivity contribution in [1.29, 1.82) is 0 Å². The first kappa shape index (κ1) is 25.4. The summed E-state index contributed by atoms with van der Waals surface area (Å²) in [5.41, 5.74) is 1.75. The van der Waals surface area contributed by atoms with Crippen LogP contribution in [0.3, 0.4) is 0 Å². The summed E-state index contributed by atoms with van der Waals surface area (Å²) in [6, 6.07) is 18.9. The summed E-state index contributed by atoms with van der Waals surface area (Å²) in [5, 5.41) is 50.7. The van der Waals surface area contributed by atoms with Crippen LogP contribution in [0.5, 0.6) is 11.5 Å². The first-order valence-electron chi connectivity index (χ1n) is 10.2. The number of nitrogens with one attached hydrogen (secondary N) is 1. The molecule has 0 aromatic heterocycles. The van der Waals surface area contributed by atoms with Crippen molar-refractivity contribution < 1.29 is 35.1 Å². The van der Waals surface area contributed by atoms with Crippen LogP contribution in [-0.2, 0) is 16.0 Å². The largest absolute Gasteiger partial charge is 0.508 e. The Bertz CT molecular complexity index is 1090. The standard InChI is InChI=1S/C21H23NO3.C4H4O4/c1-14(9-16-7-4-6-15-5-2-3-8-20(15)16)22-13-21(25)17-10-18(23)12-19(24)11-17;5-3(6)1-2-4(7)8/h2-8,10-12,14,21-25H,9,13H2,1H3;1-2H,(H,5,6)(H,7,8). The SMILES string of the molecule is CC(Cc1cccc2ccccc12)NCC(O)c1cc(O)cc(O)c1.O=C(O)C=CC(=O)O. The van der Waals surface area contributed by atoms with Crippen LogP contribution in [0.4, 0.5) is 0 Å². The topological polar surface area (TPSA) is 147 Å². The van der Waals surface area contributed by atoms with E-state index in [9.17, 15) is 24.9 Å². The maximum absolute atomic E-state index is 10.3. The molecule has 0 aliphatic rings. The highest BCUT2D eigenvalue weighted by Gasteiger charge is 2.12. The zero-order chi connectivity index (χ0) is 24.4. The zero-order valence-corrected chi connectivity index (χ0v) is 18.0. The second-order valence-corrected chi connectivity index (χ2v) is 7.46. The molecule has 8 heteroatoms. The second kappa shape index (κ2) is 12.2. The quantitative estimate of drug-likeness (QED) is 0.285. The van der Waals surface area contributed by atoms with Crippen LogP contribution in [0.1, 0.15) is 24.2 Å². The lowest BCUT2D eigenvalue weighted by Gasteiger charge is -2.18. The number of aliphatic carboxylic acids is 2. The van der Waals surface area contributed by atoms with Crippen LogP contribution in [0, 0.1) is 0 Å². The second-order valence-electron chi connectivity index (χ2n) is 7.46. The molecule has 6 N–H and O–H groups in total. The van der Waals surface area contributed by atoms with Gasteiger partial charge in [0.1, 0.15) is 11.5 Å². The number of aliphatic hydroxyl groups is 1. The molecule has 174 valence electrons. The average molecular weight is 453 g/mol. The van der Waals surface area contributed by atoms with Gasteiger partial charge in [0.05, 0.1) is 6.10 Å². The molecule has 3 aromatic carbocycles. The fourth-order valence-corrected chi connectivity index (χ4v) is 3.26. The molecule has 0 radical (unpaired) electrons. The molecule has 0 aliphatic heterocycles. The first-order chi connectivity index (χ1) is 15.7. The number of hydrogen-bond acceptors (Lipinski definition) is 6. The monoisotopic (exact) mass is 453 g/mol. The molecule has 8 nitrogen and oxygen atoms in total. The predicted octanol–water partition coefficient (Wildman–Crippen LogP) is 3.22. The Morgan fingerprint density at radius 1 is 0.909 bits per heavy atom. The van der Waals surface area contributed by atoms with E-state index in [1.165, 1.54) is 34.5 Å². The van der Waals surface area contributed by atoms with Crippen LogP contribution in [0.15, 0.2) is 72.8 Å². The molecular weight excluding hydrogens is 426 g/mol. The van der Waals surface area contributed by atoms with Gasteiger partial charge in [-0.2, -0.15) is 0 Å². The van der Waals surface area contributed by atoms with E-state index >= 15 is 0 Å². The molecule has 2 unspecified atom stereocenters. The molecule has 0 fully saturated rings. The van der Waals surface area contributed by atoms with E-state index < -0.39 is 18.0 Å². The Hall–Kier alpha value is -3.88. The van der Waals surface area contributed by atoms with Gasteiger partial charge < -0.3 is 30.8 Å². The molecule has 0 aliphatic carbocycles. The number of rotatable bonds is 8. The highest BCUT2D eigenvalue weighted by atomic mass is 16.4. The van der Waals surface area contributed by atoms with Gasteiger partial charge in [0.15, 0.2) is 0 Å². The molecule has 0 saturated heterocycles. The molecule has 3 rings (SSSR count). The maximum Gasteiger partial charge on any atom is 0.328 e. The number of carboxylic acid groups (broad SMARTS) is 2. The lowest BCUT2D eigenvalue weighted by Crippen LogP contribution is -2.32. The van der Waals surface area contributed by atoms with Gasteiger partial charge in [-0.05, 0) is 47.4 Å². The minimum atomic E-state index is -1.26. The average Bonchev–Trinajstić information content (AvgIpc) is 2.76. The Balaban J connectivity index is 0.000000414. The van der Waals surface area contributed by atoms with Gasteiger partial charge in [0.2, 0.25) is 0 Å². The van der Waals surface area contributed by atoms with E-state index in [1.807, 2.05) is 12.1 Å². The highest BCUT2D eigenvalue weighted by molar-refractivity contribution is 5.89. The molecule has 0 spiro atoms. The fraction of sp³-hybridized carbons (Fsp3) is 0.200. The summed E-state index contributed by atoms with van der Waals surface area (Å²) in [4.78, 5) is 19.1. The van der Waals surface area contributed by atoms with Gasteiger partial charge in [0.25, 0.3) is 0 Å². The van der Waals surface area contributed by atoms with Crippen molar-refractivity contribution in [2.75, 3.05) is 6.54 Å². The van der Waals surface area contributed by atoms with Crippen molar-refractivity contribution in [3.05, 3.63) is 83.9 Å². The van der Waals surface area contributed by atoms with Crippen molar-refractivity contribution in [2.45, 2.75) is 25.5 Å². The van der Waals surface area contributed by atoms with E-state index in [4.69, 9.17) is 10.2 Å². The van der Waals surface area contributed by atoms with Crippen LogP contribution >= 0.6 is 0 Å². The molecule has 0 amide bonds. The summed E-state index contributed by atoms with van der Waals surface area (Å²) >= 11 is 0. The molecule has 3 aromatic rings. The summed E-state index contributed by atoms with van der Waals surface area (Å²) in [7, 11) is 0. The van der Waals surface area contributed by atoms with Crippen molar-refractivity contribution in [1.82, 2.24) is 5.32 Å². The van der Waals surface area contributed by atoms with Crippen LogP contribution in [0.25, 0.3) is 10.8 Å². The number of hydrogen-bond donors (Lipinski definition) is 6. The normalized spacial score (nSPS) is 12.7. The molecule has 0 saturated carbocycles. The number of aliphatic hydroxyl groups excluding tert-OH is 1. The Kier molecular flexibility index (Phi) is 9.41. The number of phenols is 2. The third-order valence-electron chi connectivity index (χ3n) is 4.74. The summed E-state index contributed by atoms with van der Waals surface area (Å²) in [6.45, 7) is 2.42. The summed E-state index contributed by atoms with van der Waals surface area (Å²) in [5.74, 6) is -2.63. The number of benzene rings is 3. The Morgan fingerprint density at radius 3 is 2.09 bits per heavy atom. The van der Waals surface area contributed by atoms with E-state index in [1.54, 1.807) is 0 Å². The number of phenolic OH excluding ortho intramolecular Hbond substituents is 2. The molecule has 33 heavy (non-hydrogen) atoms. The number of fused-ring (bicyclic) bond motifs is 1. The van der Waals surface area contributed by atoms with Crippen LogP contribution in [0.2, 0.25) is 0 Å². The van der Waals surface area contributed by atoms with Crippen LogP contribution < -0.4 is 5.32 Å². The number of carboxylic acids is 2. The number of aromatic hydroxyl groups is 2. The Morgan fingerprint density at radius 2 is 1.48 bits per heavy atom. The van der Waals surface area contributed by atoms with Gasteiger partial charge >= 0.3 is 11.9 Å². The van der Waals surface area contributed by atoms with Crippen molar-refractivity contribution >= 4 is 22.7 Å². The molecule has 0 heterocycles. The van der Waals surface area contributed by atoms with Gasteiger partial charge in [0, 0.05) is 30.8 Å². The van der Waals surface area contributed by atoms with Crippen molar-refractivity contribution in [2.24, 2.45) is 0 Å². The van der Waals surface area contributed by atoms with Crippen molar-refractivity contribution in [3.8, 4) is 11.5 Å². The Labute approximate surface area is 191 Å². The van der Waals surface area contributed by atoms with E-state index in [0.717, 1.165) is 6.42 Å². The maximum atomic E-state index is 10.3. The zero-order valence-electron chi connectivity index (χ0n) is 18.0. The van der Waals surface area contributed by atoms with Crippen molar-refractivity contribution in [3.63, 3.8) is 0 Å². The summed E-state index contributed by atoms with van der Waals surface area (Å²) in [6.07, 6.45) is 1.16. The smallest absolute Gasteiger partial charge is 0.328 e. The minimum absolute atomic E-state index is 0.0575. The van der Waals surface area contributed by atoms with Gasteiger partial charge in [-0.15, -0.1) is 0 Å². The van der Waals surface area contributed by atoms with Gasteiger partial charge in [-0.1, -0.05) is 42.5 Å². The van der Waals surface area contributed by atoms with E-state index in [0.29, 0.717) is 24.3 Å². The third kappa shape index (κ3) is 8.64. The van der Waals surface area contributed by atoms with Gasteiger partial charge in [-0.25, -0.2) is 9.59 Å². The van der Waals surface area contributed by atoms with E-state index in [2.05, 4.69) is 42.6 Å². The first-order valence-corrected chi connectivity index (χ1v) is 10.2. The van der Waals surface area contributed by atoms with Gasteiger partial charge in [-0.3, -0.25) is 0 Å². The highest BCUT2D eigenvalue weighted by Crippen LogP contribution is 2.25. The predicted molar refractivity (Wildman–Crippen MR) is 124 cm³/mol. The number of carbonyl (C=O) groups is 2. The fourth-order valence-electron chi connectivity index (χ4n) is 3.26. The third-order valence-corrected chi connectivity index (χ3v) is 4.74. The minimum Gasteiger partial charge on any atom is -0.508 e. The molecule has 0 bridgehead atoms.